The van der Waals surface area contributed by atoms with Gasteiger partial charge in [-0.2, -0.15) is 0 Å². The van der Waals surface area contributed by atoms with Crippen LogP contribution in [0.25, 0.3) is 0 Å². The molecule has 0 radical (unpaired) electrons. The topological polar surface area (TPSA) is 60.8 Å². The molecule has 2 N–H and O–H groups in total. The highest BCUT2D eigenvalue weighted by Crippen LogP contribution is 2.48. The second kappa shape index (κ2) is 3.91. The van der Waals surface area contributed by atoms with Gasteiger partial charge in [0.25, 0.3) is 0 Å². The molecule has 0 unspecified atom stereocenters. The van der Waals surface area contributed by atoms with Crippen LogP contribution in [-0.4, -0.2) is 39.4 Å². The molecule has 0 aromatic rings. The van der Waals surface area contributed by atoms with Gasteiger partial charge in [-0.15, -0.1) is 0 Å². The molecule has 1 aliphatic rings. The van der Waals surface area contributed by atoms with E-state index in [1.54, 1.807) is 0 Å². The van der Waals surface area contributed by atoms with E-state index in [2.05, 4.69) is 0 Å². The molecule has 4 nitrogen and oxygen atoms in total. The van der Waals surface area contributed by atoms with Crippen molar-refractivity contribution in [2.45, 2.75) is 52.7 Å². The predicted molar refractivity (Wildman–Crippen MR) is 62.4 cm³/mol. The zero-order valence-corrected chi connectivity index (χ0v) is 10.8. The predicted octanol–water partition coefficient (Wildman–Crippen LogP) is 2.17. The summed E-state index contributed by atoms with van der Waals surface area (Å²) in [5, 5.41) is 19.1. The van der Waals surface area contributed by atoms with E-state index in [9.17, 15) is 15.0 Å². The summed E-state index contributed by atoms with van der Waals surface area (Å²) in [6, 6.07) is 0. The standard InChI is InChI=1S/C12H23NO3/c1-8(2)12(11(3,4)5)6-9(14)7-13(12)10(15)16/h8-9,14H,6-7H2,1-5H3,(H,15,16)/t9-,12-/m0/s1. The molecule has 0 aliphatic carbocycles. The van der Waals surface area contributed by atoms with Gasteiger partial charge in [-0.1, -0.05) is 34.6 Å². The van der Waals surface area contributed by atoms with Gasteiger partial charge in [-0.05, 0) is 17.8 Å². The first-order chi connectivity index (χ1) is 7.13. The lowest BCUT2D eigenvalue weighted by atomic mass is 9.65. The van der Waals surface area contributed by atoms with Crippen LogP contribution in [0.5, 0.6) is 0 Å². The Labute approximate surface area is 97.3 Å². The molecular formula is C12H23NO3. The SMILES string of the molecule is CC(C)[C@]1(C(C)(C)C)C[C@H](O)CN1C(=O)O. The van der Waals surface area contributed by atoms with E-state index >= 15 is 0 Å². The van der Waals surface area contributed by atoms with E-state index in [4.69, 9.17) is 0 Å². The molecule has 1 heterocycles. The number of nitrogens with zero attached hydrogens (tertiary/aromatic N) is 1. The van der Waals surface area contributed by atoms with E-state index in [-0.39, 0.29) is 17.9 Å². The normalized spacial score (nSPS) is 31.2. The summed E-state index contributed by atoms with van der Waals surface area (Å²) >= 11 is 0. The van der Waals surface area contributed by atoms with Crippen molar-refractivity contribution in [3.05, 3.63) is 0 Å². The molecule has 1 aliphatic heterocycles. The number of hydrogen-bond donors (Lipinski definition) is 2. The molecule has 0 saturated carbocycles. The Morgan fingerprint density at radius 2 is 1.94 bits per heavy atom. The number of amides is 1. The fourth-order valence-corrected chi connectivity index (χ4v) is 3.28. The third kappa shape index (κ3) is 1.79. The van der Waals surface area contributed by atoms with Crippen molar-refractivity contribution in [1.29, 1.82) is 0 Å². The lowest BCUT2D eigenvalue weighted by molar-refractivity contribution is -0.00455. The van der Waals surface area contributed by atoms with Crippen LogP contribution in [0.3, 0.4) is 0 Å². The van der Waals surface area contributed by atoms with Crippen molar-refractivity contribution in [2.24, 2.45) is 11.3 Å². The van der Waals surface area contributed by atoms with Crippen LogP contribution in [0, 0.1) is 11.3 Å². The fraction of sp³-hybridized carbons (Fsp3) is 0.917. The number of likely N-dealkylation sites (tertiary alicyclic amines) is 1. The Bertz CT molecular complexity index is 282. The number of rotatable bonds is 1. The second-order valence-corrected chi connectivity index (χ2v) is 6.08. The first kappa shape index (κ1) is 13.3. The molecule has 1 amide bonds. The van der Waals surface area contributed by atoms with Gasteiger partial charge in [-0.3, -0.25) is 4.90 Å². The van der Waals surface area contributed by atoms with E-state index in [0.717, 1.165) is 0 Å². The van der Waals surface area contributed by atoms with Crippen molar-refractivity contribution in [2.75, 3.05) is 6.54 Å². The first-order valence-corrected chi connectivity index (χ1v) is 5.81. The van der Waals surface area contributed by atoms with Crippen LogP contribution in [-0.2, 0) is 0 Å². The Kier molecular flexibility index (Phi) is 3.25. The quantitative estimate of drug-likeness (QED) is 0.724. The maximum absolute atomic E-state index is 11.3. The summed E-state index contributed by atoms with van der Waals surface area (Å²) in [6.45, 7) is 10.4. The number of aliphatic hydroxyl groups is 1. The lowest BCUT2D eigenvalue weighted by Crippen LogP contribution is -2.58. The smallest absolute Gasteiger partial charge is 0.407 e. The summed E-state index contributed by atoms with van der Waals surface area (Å²) in [5.74, 6) is 0.181. The summed E-state index contributed by atoms with van der Waals surface area (Å²) in [6.07, 6.45) is -0.946. The van der Waals surface area contributed by atoms with Crippen LogP contribution in [0.2, 0.25) is 0 Å². The summed E-state index contributed by atoms with van der Waals surface area (Å²) in [7, 11) is 0. The molecule has 0 aromatic carbocycles. The Morgan fingerprint density at radius 1 is 1.44 bits per heavy atom. The largest absolute Gasteiger partial charge is 0.465 e. The average molecular weight is 229 g/mol. The minimum absolute atomic E-state index is 0.181. The highest BCUT2D eigenvalue weighted by Gasteiger charge is 2.56. The Balaban J connectivity index is 3.23. The van der Waals surface area contributed by atoms with Crippen LogP contribution in [0.4, 0.5) is 4.79 Å². The Morgan fingerprint density at radius 3 is 2.19 bits per heavy atom. The van der Waals surface area contributed by atoms with Crippen molar-refractivity contribution < 1.29 is 15.0 Å². The van der Waals surface area contributed by atoms with Crippen LogP contribution < -0.4 is 0 Å². The maximum atomic E-state index is 11.3. The van der Waals surface area contributed by atoms with Gasteiger partial charge in [0.05, 0.1) is 18.2 Å². The number of carboxylic acid groups (broad SMARTS) is 1. The van der Waals surface area contributed by atoms with Crippen molar-refractivity contribution in [3.8, 4) is 0 Å². The average Bonchev–Trinajstić information content (AvgIpc) is 2.42. The summed E-state index contributed by atoms with van der Waals surface area (Å²) < 4.78 is 0. The molecule has 0 aromatic heterocycles. The van der Waals surface area contributed by atoms with E-state index in [1.165, 1.54) is 4.90 Å². The highest BCUT2D eigenvalue weighted by molar-refractivity contribution is 5.67. The molecule has 94 valence electrons. The third-order valence-electron chi connectivity index (χ3n) is 3.91. The lowest BCUT2D eigenvalue weighted by Gasteiger charge is -2.50. The van der Waals surface area contributed by atoms with E-state index < -0.39 is 17.7 Å². The molecule has 1 rings (SSSR count). The fourth-order valence-electron chi connectivity index (χ4n) is 3.28. The summed E-state index contributed by atoms with van der Waals surface area (Å²) in [5.41, 5.74) is -0.657. The van der Waals surface area contributed by atoms with Gasteiger partial charge in [0.15, 0.2) is 0 Å². The zero-order chi connectivity index (χ0) is 12.7. The van der Waals surface area contributed by atoms with Gasteiger partial charge in [0.1, 0.15) is 0 Å². The van der Waals surface area contributed by atoms with E-state index in [1.807, 2.05) is 34.6 Å². The Hall–Kier alpha value is -0.770. The van der Waals surface area contributed by atoms with Crippen molar-refractivity contribution in [1.82, 2.24) is 4.90 Å². The van der Waals surface area contributed by atoms with Gasteiger partial charge in [0, 0.05) is 0 Å². The third-order valence-corrected chi connectivity index (χ3v) is 3.91. The molecule has 0 spiro atoms. The van der Waals surface area contributed by atoms with Crippen LogP contribution in [0.15, 0.2) is 0 Å². The van der Waals surface area contributed by atoms with Gasteiger partial charge < -0.3 is 10.2 Å². The molecule has 4 heteroatoms. The maximum Gasteiger partial charge on any atom is 0.407 e. The minimum atomic E-state index is -0.930. The number of aliphatic hydroxyl groups excluding tert-OH is 1. The molecular weight excluding hydrogens is 206 g/mol. The van der Waals surface area contributed by atoms with Crippen molar-refractivity contribution in [3.63, 3.8) is 0 Å². The van der Waals surface area contributed by atoms with Crippen LogP contribution in [0.1, 0.15) is 41.0 Å². The van der Waals surface area contributed by atoms with Gasteiger partial charge >= 0.3 is 6.09 Å². The monoisotopic (exact) mass is 229 g/mol. The second-order valence-electron chi connectivity index (χ2n) is 6.08. The molecule has 1 fully saturated rings. The zero-order valence-electron chi connectivity index (χ0n) is 10.8. The molecule has 2 atom stereocenters. The van der Waals surface area contributed by atoms with Gasteiger partial charge in [0.2, 0.25) is 0 Å². The number of β-amino-alcohol motifs (C(OH)–C–C–N with tert-alkyl or cyclic N) is 1. The first-order valence-electron chi connectivity index (χ1n) is 5.81. The van der Waals surface area contributed by atoms with Crippen LogP contribution >= 0.6 is 0 Å². The number of hydrogen-bond acceptors (Lipinski definition) is 2. The summed E-state index contributed by atoms with van der Waals surface area (Å²) in [4.78, 5) is 12.8. The highest BCUT2D eigenvalue weighted by atomic mass is 16.4. The van der Waals surface area contributed by atoms with Gasteiger partial charge in [-0.25, -0.2) is 4.79 Å². The van der Waals surface area contributed by atoms with E-state index in [0.29, 0.717) is 6.42 Å². The molecule has 16 heavy (non-hydrogen) atoms. The van der Waals surface area contributed by atoms with Crippen molar-refractivity contribution >= 4 is 6.09 Å². The number of carbonyl (C=O) groups is 1. The molecule has 1 saturated heterocycles. The minimum Gasteiger partial charge on any atom is -0.465 e. The molecule has 0 bridgehead atoms.